The number of fused-ring (bicyclic) bond motifs is 1. The molecule has 0 unspecified atom stereocenters. The second kappa shape index (κ2) is 7.66. The Morgan fingerprint density at radius 3 is 2.44 bits per heavy atom. The van der Waals surface area contributed by atoms with E-state index in [0.29, 0.717) is 25.3 Å². The lowest BCUT2D eigenvalue weighted by Crippen LogP contribution is -2.49. The lowest BCUT2D eigenvalue weighted by atomic mass is 10.1. The van der Waals surface area contributed by atoms with Crippen LogP contribution in [0.4, 0.5) is 5.82 Å². The molecule has 0 N–H and O–H groups in total. The van der Waals surface area contributed by atoms with Crippen LogP contribution in [0.15, 0.2) is 60.7 Å². The van der Waals surface area contributed by atoms with Crippen LogP contribution < -0.4 is 9.64 Å². The minimum Gasteiger partial charge on any atom is -0.494 e. The van der Waals surface area contributed by atoms with Gasteiger partial charge in [0.2, 0.25) is 0 Å². The Labute approximate surface area is 159 Å². The summed E-state index contributed by atoms with van der Waals surface area (Å²) >= 11 is 0. The largest absolute Gasteiger partial charge is 0.494 e. The number of rotatable bonds is 4. The van der Waals surface area contributed by atoms with E-state index in [-0.39, 0.29) is 5.91 Å². The van der Waals surface area contributed by atoms with Gasteiger partial charge in [-0.15, -0.1) is 0 Å². The summed E-state index contributed by atoms with van der Waals surface area (Å²) in [6.45, 7) is 5.53. The lowest BCUT2D eigenvalue weighted by Gasteiger charge is -2.35. The van der Waals surface area contributed by atoms with Crippen LogP contribution in [0.25, 0.3) is 10.9 Å². The molecular formula is C22H23N3O2. The van der Waals surface area contributed by atoms with Crippen molar-refractivity contribution in [2.45, 2.75) is 6.92 Å². The molecule has 0 atom stereocenters. The molecule has 4 rings (SSSR count). The van der Waals surface area contributed by atoms with Gasteiger partial charge in [0, 0.05) is 37.1 Å². The van der Waals surface area contributed by atoms with Crippen LogP contribution in [-0.2, 0) is 0 Å². The number of hydrogen-bond donors (Lipinski definition) is 0. The van der Waals surface area contributed by atoms with Crippen LogP contribution in [0.2, 0.25) is 0 Å². The summed E-state index contributed by atoms with van der Waals surface area (Å²) in [5, 5.41) is 1.14. The number of pyridine rings is 1. The van der Waals surface area contributed by atoms with E-state index in [1.807, 2.05) is 54.3 Å². The molecule has 0 saturated carbocycles. The van der Waals surface area contributed by atoms with Crippen molar-refractivity contribution in [3.05, 3.63) is 66.2 Å². The third-order valence-electron chi connectivity index (χ3n) is 4.89. The number of amides is 1. The highest BCUT2D eigenvalue weighted by atomic mass is 16.5. The van der Waals surface area contributed by atoms with Crippen molar-refractivity contribution in [1.29, 1.82) is 0 Å². The van der Waals surface area contributed by atoms with Crippen LogP contribution in [0.5, 0.6) is 5.75 Å². The average molecular weight is 361 g/mol. The van der Waals surface area contributed by atoms with Gasteiger partial charge in [-0.2, -0.15) is 0 Å². The van der Waals surface area contributed by atoms with E-state index in [1.165, 1.54) is 0 Å². The van der Waals surface area contributed by atoms with Crippen LogP contribution in [-0.4, -0.2) is 48.6 Å². The average Bonchev–Trinajstić information content (AvgIpc) is 2.74. The normalized spacial score (nSPS) is 14.4. The number of piperazine rings is 1. The monoisotopic (exact) mass is 361 g/mol. The zero-order valence-corrected chi connectivity index (χ0v) is 15.5. The zero-order valence-electron chi connectivity index (χ0n) is 15.5. The Morgan fingerprint density at radius 1 is 0.963 bits per heavy atom. The SMILES string of the molecule is CCOc1ccc(C(=O)N2CCN(c3ccc4ccccc4n3)CC2)cc1. The Kier molecular flexibility index (Phi) is 4.92. The number of nitrogens with zero attached hydrogens (tertiary/aromatic N) is 3. The predicted octanol–water partition coefficient (Wildman–Crippen LogP) is 3.60. The van der Waals surface area contributed by atoms with Crippen molar-refractivity contribution in [1.82, 2.24) is 9.88 Å². The second-order valence-electron chi connectivity index (χ2n) is 6.60. The fourth-order valence-electron chi connectivity index (χ4n) is 3.41. The van der Waals surface area contributed by atoms with Gasteiger partial charge in [-0.05, 0) is 49.4 Å². The van der Waals surface area contributed by atoms with Crippen LogP contribution in [0.3, 0.4) is 0 Å². The first-order valence-electron chi connectivity index (χ1n) is 9.37. The summed E-state index contributed by atoms with van der Waals surface area (Å²) in [4.78, 5) is 21.7. The summed E-state index contributed by atoms with van der Waals surface area (Å²) in [6, 6.07) is 19.7. The Hall–Kier alpha value is -3.08. The van der Waals surface area contributed by atoms with E-state index in [0.717, 1.165) is 35.6 Å². The van der Waals surface area contributed by atoms with Gasteiger partial charge in [0.15, 0.2) is 0 Å². The Bertz CT molecular complexity index is 932. The summed E-state index contributed by atoms with van der Waals surface area (Å²) in [5.41, 5.74) is 1.71. The van der Waals surface area contributed by atoms with Crippen molar-refractivity contribution in [3.63, 3.8) is 0 Å². The van der Waals surface area contributed by atoms with Gasteiger partial charge in [-0.25, -0.2) is 4.98 Å². The van der Waals surface area contributed by atoms with Crippen LogP contribution >= 0.6 is 0 Å². The Balaban J connectivity index is 1.41. The van der Waals surface area contributed by atoms with E-state index < -0.39 is 0 Å². The summed E-state index contributed by atoms with van der Waals surface area (Å²) in [6.07, 6.45) is 0. The van der Waals surface area contributed by atoms with Crippen molar-refractivity contribution in [2.24, 2.45) is 0 Å². The molecule has 1 aliphatic heterocycles. The third kappa shape index (κ3) is 3.72. The number of para-hydroxylation sites is 1. The molecule has 1 saturated heterocycles. The van der Waals surface area contributed by atoms with Gasteiger partial charge in [0.05, 0.1) is 12.1 Å². The standard InChI is InChI=1S/C22H23N3O2/c1-2-27-19-10-7-18(8-11-19)22(26)25-15-13-24(14-16-25)21-12-9-17-5-3-4-6-20(17)23-21/h3-12H,2,13-16H2,1H3. The number of benzene rings is 2. The topological polar surface area (TPSA) is 45.7 Å². The van der Waals surface area contributed by atoms with Crippen LogP contribution in [0, 0.1) is 0 Å². The summed E-state index contributed by atoms with van der Waals surface area (Å²) in [5.74, 6) is 1.84. The van der Waals surface area contributed by atoms with Gasteiger partial charge in [0.1, 0.15) is 11.6 Å². The maximum Gasteiger partial charge on any atom is 0.253 e. The van der Waals surface area contributed by atoms with E-state index in [9.17, 15) is 4.79 Å². The summed E-state index contributed by atoms with van der Waals surface area (Å²) < 4.78 is 5.44. The molecule has 0 spiro atoms. The first-order valence-corrected chi connectivity index (χ1v) is 9.37. The molecule has 5 heteroatoms. The number of aromatic nitrogens is 1. The highest BCUT2D eigenvalue weighted by molar-refractivity contribution is 5.94. The minimum absolute atomic E-state index is 0.0733. The van der Waals surface area contributed by atoms with E-state index in [4.69, 9.17) is 9.72 Å². The van der Waals surface area contributed by atoms with Crippen molar-refractivity contribution in [3.8, 4) is 5.75 Å². The molecule has 1 fully saturated rings. The number of ether oxygens (including phenoxy) is 1. The van der Waals surface area contributed by atoms with Gasteiger partial charge < -0.3 is 14.5 Å². The van der Waals surface area contributed by atoms with E-state index in [1.54, 1.807) is 0 Å². The minimum atomic E-state index is 0.0733. The molecule has 3 aromatic rings. The molecule has 1 aliphatic rings. The molecule has 27 heavy (non-hydrogen) atoms. The zero-order chi connectivity index (χ0) is 18.6. The van der Waals surface area contributed by atoms with Gasteiger partial charge >= 0.3 is 0 Å². The third-order valence-corrected chi connectivity index (χ3v) is 4.89. The molecule has 1 amide bonds. The lowest BCUT2D eigenvalue weighted by molar-refractivity contribution is 0.0746. The fraction of sp³-hybridized carbons (Fsp3) is 0.273. The Morgan fingerprint density at radius 2 is 1.70 bits per heavy atom. The van der Waals surface area contributed by atoms with Crippen molar-refractivity contribution in [2.75, 3.05) is 37.7 Å². The molecular weight excluding hydrogens is 338 g/mol. The van der Waals surface area contributed by atoms with Gasteiger partial charge in [-0.3, -0.25) is 4.79 Å². The number of anilines is 1. The predicted molar refractivity (Wildman–Crippen MR) is 107 cm³/mol. The number of carbonyl (C=O) groups excluding carboxylic acids is 1. The van der Waals surface area contributed by atoms with Gasteiger partial charge in [-0.1, -0.05) is 18.2 Å². The quantitative estimate of drug-likeness (QED) is 0.712. The van der Waals surface area contributed by atoms with Crippen molar-refractivity contribution >= 4 is 22.6 Å². The smallest absolute Gasteiger partial charge is 0.253 e. The molecule has 2 heterocycles. The maximum atomic E-state index is 12.7. The first kappa shape index (κ1) is 17.3. The van der Waals surface area contributed by atoms with Crippen molar-refractivity contribution < 1.29 is 9.53 Å². The highest BCUT2D eigenvalue weighted by Crippen LogP contribution is 2.20. The molecule has 0 aliphatic carbocycles. The van der Waals surface area contributed by atoms with E-state index in [2.05, 4.69) is 23.1 Å². The maximum absolute atomic E-state index is 12.7. The summed E-state index contributed by atoms with van der Waals surface area (Å²) in [7, 11) is 0. The fourth-order valence-corrected chi connectivity index (χ4v) is 3.41. The second-order valence-corrected chi connectivity index (χ2v) is 6.60. The van der Waals surface area contributed by atoms with Gasteiger partial charge in [0.25, 0.3) is 5.91 Å². The molecule has 0 radical (unpaired) electrons. The molecule has 138 valence electrons. The highest BCUT2D eigenvalue weighted by Gasteiger charge is 2.23. The van der Waals surface area contributed by atoms with Crippen LogP contribution in [0.1, 0.15) is 17.3 Å². The molecule has 0 bridgehead atoms. The van der Waals surface area contributed by atoms with E-state index >= 15 is 0 Å². The number of hydrogen-bond acceptors (Lipinski definition) is 4. The molecule has 1 aromatic heterocycles. The molecule has 5 nitrogen and oxygen atoms in total. The first-order chi connectivity index (χ1) is 13.2. The number of carbonyl (C=O) groups is 1. The molecule has 2 aromatic carbocycles.